The first-order valence-corrected chi connectivity index (χ1v) is 8.77. The van der Waals surface area contributed by atoms with Crippen molar-refractivity contribution in [3.05, 3.63) is 57.5 Å². The lowest BCUT2D eigenvalue weighted by Crippen LogP contribution is -2.47. The summed E-state index contributed by atoms with van der Waals surface area (Å²) in [6, 6.07) is 8.11. The third-order valence-corrected chi connectivity index (χ3v) is 5.52. The molecule has 1 N–H and O–H groups in total. The number of amides is 1. The van der Waals surface area contributed by atoms with Crippen LogP contribution in [0.3, 0.4) is 0 Å². The number of nitrogens with zero attached hydrogens (tertiary/aromatic N) is 1. The van der Waals surface area contributed by atoms with Crippen molar-refractivity contribution in [1.29, 1.82) is 0 Å². The van der Waals surface area contributed by atoms with E-state index < -0.39 is 0 Å². The van der Waals surface area contributed by atoms with Crippen LogP contribution < -0.4 is 5.32 Å². The van der Waals surface area contributed by atoms with E-state index in [-0.39, 0.29) is 23.8 Å². The van der Waals surface area contributed by atoms with Crippen LogP contribution in [-0.4, -0.2) is 23.4 Å². The highest BCUT2D eigenvalue weighted by Gasteiger charge is 2.26. The fourth-order valence-corrected chi connectivity index (χ4v) is 3.83. The summed E-state index contributed by atoms with van der Waals surface area (Å²) in [5.41, 5.74) is 2.25. The maximum absolute atomic E-state index is 13.0. The molecule has 3 rings (SSSR count). The molecule has 1 aliphatic heterocycles. The van der Waals surface area contributed by atoms with Crippen LogP contribution in [0.2, 0.25) is 0 Å². The molecule has 1 aromatic carbocycles. The van der Waals surface area contributed by atoms with Gasteiger partial charge < -0.3 is 5.32 Å². The average Bonchev–Trinajstić information content (AvgIpc) is 3.02. The van der Waals surface area contributed by atoms with Crippen molar-refractivity contribution in [2.24, 2.45) is 0 Å². The number of carbonyl (C=O) groups excluding carboxylic acids is 1. The molecule has 0 spiro atoms. The normalized spacial score (nSPS) is 17.3. The van der Waals surface area contributed by atoms with E-state index in [1.54, 1.807) is 23.5 Å². The third kappa shape index (κ3) is 3.62. The van der Waals surface area contributed by atoms with Gasteiger partial charge in [-0.2, -0.15) is 0 Å². The summed E-state index contributed by atoms with van der Waals surface area (Å²) < 4.78 is 13.0. The molecule has 0 bridgehead atoms. The summed E-state index contributed by atoms with van der Waals surface area (Å²) in [5, 5.41) is 5.15. The number of halogens is 1. The van der Waals surface area contributed by atoms with E-state index in [1.807, 2.05) is 13.8 Å². The van der Waals surface area contributed by atoms with Crippen LogP contribution in [-0.2, 0) is 17.8 Å². The summed E-state index contributed by atoms with van der Waals surface area (Å²) in [4.78, 5) is 16.2. The van der Waals surface area contributed by atoms with Crippen molar-refractivity contribution in [3.63, 3.8) is 0 Å². The monoisotopic (exact) mass is 332 g/mol. The summed E-state index contributed by atoms with van der Waals surface area (Å²) in [6.45, 7) is 5.61. The lowest BCUT2D eigenvalue weighted by molar-refractivity contribution is -0.126. The Morgan fingerprint density at radius 1 is 1.26 bits per heavy atom. The summed E-state index contributed by atoms with van der Waals surface area (Å²) in [7, 11) is 0. The Bertz CT molecular complexity index is 683. The average molecular weight is 332 g/mol. The van der Waals surface area contributed by atoms with E-state index in [0.717, 1.165) is 25.1 Å². The van der Waals surface area contributed by atoms with Gasteiger partial charge in [-0.3, -0.25) is 9.69 Å². The molecule has 2 aromatic rings. The SMILES string of the molecule is CC(NC(=O)C(C)N1CCc2sccc2C1)c1ccc(F)cc1. The van der Waals surface area contributed by atoms with E-state index in [1.165, 1.54) is 22.6 Å². The number of carbonyl (C=O) groups is 1. The maximum Gasteiger partial charge on any atom is 0.237 e. The van der Waals surface area contributed by atoms with Crippen LogP contribution >= 0.6 is 11.3 Å². The minimum absolute atomic E-state index is 0.0144. The Morgan fingerprint density at radius 2 is 2.00 bits per heavy atom. The molecular weight excluding hydrogens is 311 g/mol. The van der Waals surface area contributed by atoms with Gasteiger partial charge in [-0.15, -0.1) is 11.3 Å². The number of nitrogens with one attached hydrogen (secondary N) is 1. The van der Waals surface area contributed by atoms with Gasteiger partial charge in [0.2, 0.25) is 5.91 Å². The summed E-state index contributed by atoms with van der Waals surface area (Å²) >= 11 is 1.80. The second kappa shape index (κ2) is 6.81. The van der Waals surface area contributed by atoms with E-state index >= 15 is 0 Å². The van der Waals surface area contributed by atoms with Gasteiger partial charge in [0.25, 0.3) is 0 Å². The highest BCUT2D eigenvalue weighted by molar-refractivity contribution is 7.10. The van der Waals surface area contributed by atoms with E-state index in [4.69, 9.17) is 0 Å². The first kappa shape index (κ1) is 16.1. The van der Waals surface area contributed by atoms with Crippen LogP contribution in [0.4, 0.5) is 4.39 Å². The van der Waals surface area contributed by atoms with Crippen molar-refractivity contribution in [2.75, 3.05) is 6.54 Å². The highest BCUT2D eigenvalue weighted by atomic mass is 32.1. The molecule has 0 saturated heterocycles. The van der Waals surface area contributed by atoms with Crippen molar-refractivity contribution >= 4 is 17.2 Å². The van der Waals surface area contributed by atoms with Crippen LogP contribution in [0.25, 0.3) is 0 Å². The lowest BCUT2D eigenvalue weighted by atomic mass is 10.1. The van der Waals surface area contributed by atoms with Crippen LogP contribution in [0.5, 0.6) is 0 Å². The van der Waals surface area contributed by atoms with Gasteiger partial charge in [0.05, 0.1) is 12.1 Å². The second-order valence-electron chi connectivity index (χ2n) is 6.05. The van der Waals surface area contributed by atoms with Gasteiger partial charge >= 0.3 is 0 Å². The van der Waals surface area contributed by atoms with Gasteiger partial charge in [0.1, 0.15) is 5.82 Å². The van der Waals surface area contributed by atoms with E-state index in [0.29, 0.717) is 0 Å². The van der Waals surface area contributed by atoms with Crippen LogP contribution in [0, 0.1) is 5.82 Å². The minimum Gasteiger partial charge on any atom is -0.348 e. The zero-order valence-corrected chi connectivity index (χ0v) is 14.2. The first-order valence-electron chi connectivity index (χ1n) is 7.89. The molecule has 2 atom stereocenters. The Kier molecular flexibility index (Phi) is 4.78. The number of benzene rings is 1. The fraction of sp³-hybridized carbons (Fsp3) is 0.389. The Morgan fingerprint density at radius 3 is 2.74 bits per heavy atom. The zero-order valence-electron chi connectivity index (χ0n) is 13.4. The molecular formula is C18H21FN2OS. The Labute approximate surface area is 140 Å². The Hall–Kier alpha value is -1.72. The zero-order chi connectivity index (χ0) is 16.4. The van der Waals surface area contributed by atoms with E-state index in [9.17, 15) is 9.18 Å². The van der Waals surface area contributed by atoms with E-state index in [2.05, 4.69) is 21.7 Å². The maximum atomic E-state index is 13.0. The number of hydrogen-bond acceptors (Lipinski definition) is 3. The lowest BCUT2D eigenvalue weighted by Gasteiger charge is -2.32. The molecule has 5 heteroatoms. The molecule has 1 amide bonds. The molecule has 0 fully saturated rings. The number of rotatable bonds is 4. The molecule has 0 aliphatic carbocycles. The molecule has 2 heterocycles. The van der Waals surface area contributed by atoms with Gasteiger partial charge in [-0.1, -0.05) is 12.1 Å². The molecule has 0 saturated carbocycles. The molecule has 1 aliphatic rings. The van der Waals surface area contributed by atoms with Gasteiger partial charge in [-0.25, -0.2) is 4.39 Å². The van der Waals surface area contributed by atoms with Crippen LogP contribution in [0.1, 0.15) is 35.9 Å². The second-order valence-corrected chi connectivity index (χ2v) is 7.05. The number of thiophene rings is 1. The molecule has 1 aromatic heterocycles. The largest absolute Gasteiger partial charge is 0.348 e. The summed E-state index contributed by atoms with van der Waals surface area (Å²) in [6.07, 6.45) is 1.01. The quantitative estimate of drug-likeness (QED) is 0.929. The fourth-order valence-electron chi connectivity index (χ4n) is 2.94. The molecule has 2 unspecified atom stereocenters. The van der Waals surface area contributed by atoms with Crippen molar-refractivity contribution < 1.29 is 9.18 Å². The molecule has 122 valence electrons. The molecule has 3 nitrogen and oxygen atoms in total. The first-order chi connectivity index (χ1) is 11.0. The molecule has 23 heavy (non-hydrogen) atoms. The Balaban J connectivity index is 1.60. The predicted octanol–water partition coefficient (Wildman–Crippen LogP) is 3.51. The van der Waals surface area contributed by atoms with Gasteiger partial charge in [0, 0.05) is 18.0 Å². The van der Waals surface area contributed by atoms with Gasteiger partial charge in [0.15, 0.2) is 0 Å². The van der Waals surface area contributed by atoms with Crippen molar-refractivity contribution in [1.82, 2.24) is 10.2 Å². The minimum atomic E-state index is -0.263. The standard InChI is InChI=1S/C18H21FN2OS/c1-12(14-3-5-16(19)6-4-14)20-18(22)13(2)21-9-7-17-15(11-21)8-10-23-17/h3-6,8,10,12-13H,7,9,11H2,1-2H3,(H,20,22). The third-order valence-electron chi connectivity index (χ3n) is 4.49. The summed E-state index contributed by atoms with van der Waals surface area (Å²) in [5.74, 6) is -0.249. The highest BCUT2D eigenvalue weighted by Crippen LogP contribution is 2.25. The molecule has 0 radical (unpaired) electrons. The van der Waals surface area contributed by atoms with Crippen molar-refractivity contribution in [2.45, 2.75) is 38.9 Å². The smallest absolute Gasteiger partial charge is 0.237 e. The van der Waals surface area contributed by atoms with Gasteiger partial charge in [-0.05, 0) is 55.0 Å². The topological polar surface area (TPSA) is 32.3 Å². The van der Waals surface area contributed by atoms with Crippen molar-refractivity contribution in [3.8, 4) is 0 Å². The van der Waals surface area contributed by atoms with Crippen LogP contribution in [0.15, 0.2) is 35.7 Å². The number of hydrogen-bond donors (Lipinski definition) is 1. The number of fused-ring (bicyclic) bond motifs is 1. The predicted molar refractivity (Wildman–Crippen MR) is 90.9 cm³/mol.